The summed E-state index contributed by atoms with van der Waals surface area (Å²) in [6, 6.07) is 6.54. The molecule has 25 heavy (non-hydrogen) atoms. The molecule has 1 saturated carbocycles. The zero-order valence-electron chi connectivity index (χ0n) is 13.7. The first kappa shape index (κ1) is 17.9. The third-order valence-corrected chi connectivity index (χ3v) is 4.30. The molecule has 7 heteroatoms. The molecule has 0 amide bonds. The van der Waals surface area contributed by atoms with Crippen LogP contribution in [0.5, 0.6) is 0 Å². The number of rotatable bonds is 6. The minimum atomic E-state index is -4.50. The molecular weight excluding hydrogens is 353 g/mol. The van der Waals surface area contributed by atoms with Gasteiger partial charge < -0.3 is 4.74 Å². The van der Waals surface area contributed by atoms with Crippen LogP contribution < -0.4 is 0 Å². The standard InChI is InChI=1S/C18H18ClF3N2O/c1-3-25-11(2)16-15(10-12-4-6-13(19)7-5-12)17(18(20,21)22)24(23-16)14-8-9-14/h4-7,14H,2-3,8-10H2,1H3. The number of nitrogens with zero attached hydrogens (tertiary/aromatic N) is 2. The molecule has 1 fully saturated rings. The Hall–Kier alpha value is -1.95. The van der Waals surface area contributed by atoms with Gasteiger partial charge in [0.15, 0.2) is 0 Å². The van der Waals surface area contributed by atoms with Crippen molar-refractivity contribution in [3.63, 3.8) is 0 Å². The van der Waals surface area contributed by atoms with Crippen LogP contribution in [0, 0.1) is 0 Å². The SMILES string of the molecule is C=C(OCC)c1nn(C2CC2)c(C(F)(F)F)c1Cc1ccc(Cl)cc1. The van der Waals surface area contributed by atoms with E-state index in [0.29, 0.717) is 24.5 Å². The van der Waals surface area contributed by atoms with Crippen molar-refractivity contribution in [2.45, 2.75) is 38.4 Å². The van der Waals surface area contributed by atoms with Gasteiger partial charge in [-0.25, -0.2) is 0 Å². The van der Waals surface area contributed by atoms with Gasteiger partial charge in [0.25, 0.3) is 0 Å². The van der Waals surface area contributed by atoms with Crippen LogP contribution in [0.2, 0.25) is 5.02 Å². The number of benzene rings is 1. The largest absolute Gasteiger partial charge is 0.492 e. The van der Waals surface area contributed by atoms with Crippen LogP contribution in [0.25, 0.3) is 5.76 Å². The molecule has 0 radical (unpaired) electrons. The van der Waals surface area contributed by atoms with Crippen LogP contribution in [0.3, 0.4) is 0 Å². The summed E-state index contributed by atoms with van der Waals surface area (Å²) in [4.78, 5) is 0. The molecule has 1 heterocycles. The van der Waals surface area contributed by atoms with Crippen molar-refractivity contribution < 1.29 is 17.9 Å². The van der Waals surface area contributed by atoms with Crippen molar-refractivity contribution in [3.8, 4) is 0 Å². The average Bonchev–Trinajstić information content (AvgIpc) is 3.30. The first-order valence-electron chi connectivity index (χ1n) is 8.06. The van der Waals surface area contributed by atoms with Crippen LogP contribution in [-0.2, 0) is 17.3 Å². The Bertz CT molecular complexity index is 777. The summed E-state index contributed by atoms with van der Waals surface area (Å²) in [6.45, 7) is 5.83. The fraction of sp³-hybridized carbons (Fsp3) is 0.389. The van der Waals surface area contributed by atoms with E-state index < -0.39 is 11.9 Å². The highest BCUT2D eigenvalue weighted by Gasteiger charge is 2.43. The number of hydrogen-bond acceptors (Lipinski definition) is 2. The third kappa shape index (κ3) is 3.84. The van der Waals surface area contributed by atoms with Crippen molar-refractivity contribution in [1.29, 1.82) is 0 Å². The molecule has 2 aromatic rings. The number of alkyl halides is 3. The van der Waals surface area contributed by atoms with E-state index in [1.54, 1.807) is 31.2 Å². The highest BCUT2D eigenvalue weighted by Crippen LogP contribution is 2.43. The minimum absolute atomic E-state index is 0.0835. The number of ether oxygens (including phenoxy) is 1. The second kappa shape index (κ2) is 6.75. The lowest BCUT2D eigenvalue weighted by Crippen LogP contribution is -2.16. The normalized spacial score (nSPS) is 14.6. The van der Waals surface area contributed by atoms with Gasteiger partial charge in [0.1, 0.15) is 17.1 Å². The van der Waals surface area contributed by atoms with Gasteiger partial charge in [-0.05, 0) is 37.5 Å². The first-order valence-corrected chi connectivity index (χ1v) is 8.44. The van der Waals surface area contributed by atoms with E-state index in [1.165, 1.54) is 0 Å². The van der Waals surface area contributed by atoms with E-state index >= 15 is 0 Å². The molecule has 0 unspecified atom stereocenters. The molecule has 3 rings (SSSR count). The Morgan fingerprint density at radius 3 is 2.48 bits per heavy atom. The molecule has 1 aromatic heterocycles. The average molecular weight is 371 g/mol. The predicted molar refractivity (Wildman–Crippen MR) is 90.4 cm³/mol. The highest BCUT2D eigenvalue weighted by atomic mass is 35.5. The second-order valence-electron chi connectivity index (χ2n) is 6.01. The lowest BCUT2D eigenvalue weighted by Gasteiger charge is -2.13. The van der Waals surface area contributed by atoms with Crippen LogP contribution in [0.4, 0.5) is 13.2 Å². The Labute approximate surface area is 149 Å². The van der Waals surface area contributed by atoms with Gasteiger partial charge in [-0.3, -0.25) is 4.68 Å². The molecule has 1 aliphatic carbocycles. The van der Waals surface area contributed by atoms with E-state index in [4.69, 9.17) is 16.3 Å². The Balaban J connectivity index is 2.11. The molecular formula is C18H18ClF3N2O. The molecule has 134 valence electrons. The fourth-order valence-corrected chi connectivity index (χ4v) is 2.92. The summed E-state index contributed by atoms with van der Waals surface area (Å²) < 4.78 is 47.8. The molecule has 0 bridgehead atoms. The number of hydrogen-bond donors (Lipinski definition) is 0. The summed E-state index contributed by atoms with van der Waals surface area (Å²) in [6.07, 6.45) is -3.01. The topological polar surface area (TPSA) is 27.1 Å². The zero-order valence-corrected chi connectivity index (χ0v) is 14.5. The molecule has 0 N–H and O–H groups in total. The zero-order chi connectivity index (χ0) is 18.2. The smallest absolute Gasteiger partial charge is 0.433 e. The highest BCUT2D eigenvalue weighted by molar-refractivity contribution is 6.30. The molecule has 1 aromatic carbocycles. The molecule has 1 aliphatic rings. The Morgan fingerprint density at radius 2 is 1.96 bits per heavy atom. The Morgan fingerprint density at radius 1 is 1.32 bits per heavy atom. The summed E-state index contributed by atoms with van der Waals surface area (Å²) in [5.41, 5.74) is 0.285. The number of aromatic nitrogens is 2. The first-order chi connectivity index (χ1) is 11.8. The molecule has 0 aliphatic heterocycles. The summed E-state index contributed by atoms with van der Waals surface area (Å²) in [5, 5.41) is 4.75. The Kier molecular flexibility index (Phi) is 4.82. The second-order valence-corrected chi connectivity index (χ2v) is 6.45. The molecule has 0 saturated heterocycles. The van der Waals surface area contributed by atoms with Gasteiger partial charge in [0.2, 0.25) is 0 Å². The van der Waals surface area contributed by atoms with Crippen LogP contribution in [0.1, 0.15) is 48.3 Å². The van der Waals surface area contributed by atoms with Gasteiger partial charge >= 0.3 is 6.18 Å². The predicted octanol–water partition coefficient (Wildman–Crippen LogP) is 5.49. The quantitative estimate of drug-likeness (QED) is 0.629. The van der Waals surface area contributed by atoms with Gasteiger partial charge in [0.05, 0.1) is 12.6 Å². The maximum atomic E-state index is 13.8. The molecule has 0 atom stereocenters. The van der Waals surface area contributed by atoms with E-state index in [1.807, 2.05) is 0 Å². The maximum absolute atomic E-state index is 13.8. The summed E-state index contributed by atoms with van der Waals surface area (Å²) in [5.74, 6) is 0.163. The molecule has 3 nitrogen and oxygen atoms in total. The lowest BCUT2D eigenvalue weighted by molar-refractivity contribution is -0.144. The van der Waals surface area contributed by atoms with Crippen LogP contribution >= 0.6 is 11.6 Å². The molecule has 0 spiro atoms. The fourth-order valence-electron chi connectivity index (χ4n) is 2.79. The van der Waals surface area contributed by atoms with Gasteiger partial charge in [-0.2, -0.15) is 18.3 Å². The minimum Gasteiger partial charge on any atom is -0.492 e. The van der Waals surface area contributed by atoms with Gasteiger partial charge in [-0.15, -0.1) is 0 Å². The van der Waals surface area contributed by atoms with E-state index in [0.717, 1.165) is 10.2 Å². The van der Waals surface area contributed by atoms with Crippen LogP contribution in [0.15, 0.2) is 30.8 Å². The van der Waals surface area contributed by atoms with E-state index in [-0.39, 0.29) is 29.5 Å². The monoisotopic (exact) mass is 370 g/mol. The lowest BCUT2D eigenvalue weighted by atomic mass is 10.0. The van der Waals surface area contributed by atoms with E-state index in [9.17, 15) is 13.2 Å². The van der Waals surface area contributed by atoms with Crippen LogP contribution in [-0.4, -0.2) is 16.4 Å². The third-order valence-electron chi connectivity index (χ3n) is 4.05. The maximum Gasteiger partial charge on any atom is 0.433 e. The van der Waals surface area contributed by atoms with Crippen molar-refractivity contribution >= 4 is 17.4 Å². The van der Waals surface area contributed by atoms with Crippen molar-refractivity contribution in [3.05, 3.63) is 58.4 Å². The van der Waals surface area contributed by atoms with Crippen molar-refractivity contribution in [2.24, 2.45) is 0 Å². The summed E-state index contributed by atoms with van der Waals surface area (Å²) >= 11 is 5.86. The van der Waals surface area contributed by atoms with E-state index in [2.05, 4.69) is 11.7 Å². The summed E-state index contributed by atoms with van der Waals surface area (Å²) in [7, 11) is 0. The van der Waals surface area contributed by atoms with Gasteiger partial charge in [0, 0.05) is 17.0 Å². The number of halogens is 4. The van der Waals surface area contributed by atoms with Crippen molar-refractivity contribution in [2.75, 3.05) is 6.61 Å². The van der Waals surface area contributed by atoms with Crippen molar-refractivity contribution in [1.82, 2.24) is 9.78 Å². The van der Waals surface area contributed by atoms with Gasteiger partial charge in [-0.1, -0.05) is 30.3 Å².